The molecule has 1 fully saturated rings. The number of nitrogens with zero attached hydrogens (tertiary/aromatic N) is 3. The Hall–Kier alpha value is -2.28. The summed E-state index contributed by atoms with van der Waals surface area (Å²) in [6.45, 7) is 7.10. The molecule has 2 rings (SSSR count). The molecule has 0 bridgehead atoms. The highest BCUT2D eigenvalue weighted by Gasteiger charge is 2.23. The van der Waals surface area contributed by atoms with Gasteiger partial charge in [0.05, 0.1) is 17.9 Å². The van der Waals surface area contributed by atoms with Crippen molar-refractivity contribution in [1.82, 2.24) is 15.1 Å². The Kier molecular flexibility index (Phi) is 7.26. The minimum atomic E-state index is -0.0944. The zero-order chi connectivity index (χ0) is 19.1. The summed E-state index contributed by atoms with van der Waals surface area (Å²) in [5.74, 6) is 0.0529. The van der Waals surface area contributed by atoms with E-state index < -0.39 is 0 Å². The number of hydrogen-bond donors (Lipinski definition) is 2. The molecule has 2 N–H and O–H groups in total. The number of para-hydroxylation sites is 2. The van der Waals surface area contributed by atoms with Gasteiger partial charge in [0.15, 0.2) is 0 Å². The maximum atomic E-state index is 12.6. The van der Waals surface area contributed by atoms with Crippen LogP contribution in [0.1, 0.15) is 20.3 Å². The van der Waals surface area contributed by atoms with Crippen LogP contribution in [0.25, 0.3) is 0 Å². The van der Waals surface area contributed by atoms with Gasteiger partial charge in [0, 0.05) is 46.3 Å². The van der Waals surface area contributed by atoms with Crippen molar-refractivity contribution in [1.29, 1.82) is 0 Å². The summed E-state index contributed by atoms with van der Waals surface area (Å²) in [4.78, 5) is 30.4. The van der Waals surface area contributed by atoms with Crippen LogP contribution in [-0.2, 0) is 4.79 Å². The standard InChI is InChI=1S/C19H31N5O2/c1-5-15(2)20-18(25)14-23-10-12-24(13-11-23)19(26)21-16-8-6-7-9-17(16)22(3)4/h6-9,15H,5,10-14H2,1-4H3,(H,20,25)(H,21,26). The number of anilines is 2. The Balaban J connectivity index is 1.82. The molecule has 1 aromatic rings. The summed E-state index contributed by atoms with van der Waals surface area (Å²) in [6.07, 6.45) is 0.925. The second-order valence-corrected chi connectivity index (χ2v) is 6.98. The summed E-state index contributed by atoms with van der Waals surface area (Å²) in [5, 5.41) is 5.98. The molecule has 1 atom stereocenters. The molecule has 0 saturated carbocycles. The number of carbonyl (C=O) groups excluding carboxylic acids is 2. The molecular weight excluding hydrogens is 330 g/mol. The lowest BCUT2D eigenvalue weighted by atomic mass is 10.2. The second-order valence-electron chi connectivity index (χ2n) is 6.98. The molecule has 0 spiro atoms. The molecule has 1 aliphatic heterocycles. The summed E-state index contributed by atoms with van der Waals surface area (Å²) >= 11 is 0. The van der Waals surface area contributed by atoms with Crippen molar-refractivity contribution < 1.29 is 9.59 Å². The average Bonchev–Trinajstić information content (AvgIpc) is 2.62. The third-order valence-electron chi connectivity index (χ3n) is 4.67. The Morgan fingerprint density at radius 2 is 1.81 bits per heavy atom. The minimum Gasteiger partial charge on any atom is -0.376 e. The van der Waals surface area contributed by atoms with Gasteiger partial charge in [0.25, 0.3) is 0 Å². The normalized spacial score (nSPS) is 16.1. The number of rotatable bonds is 6. The van der Waals surface area contributed by atoms with Gasteiger partial charge in [0.1, 0.15) is 0 Å². The van der Waals surface area contributed by atoms with Crippen LogP contribution in [0.15, 0.2) is 24.3 Å². The number of nitrogens with one attached hydrogen (secondary N) is 2. The van der Waals surface area contributed by atoms with Crippen LogP contribution in [0, 0.1) is 0 Å². The molecule has 1 unspecified atom stereocenters. The van der Waals surface area contributed by atoms with Crippen molar-refractivity contribution >= 4 is 23.3 Å². The summed E-state index contributed by atoms with van der Waals surface area (Å²) < 4.78 is 0. The molecule has 144 valence electrons. The predicted octanol–water partition coefficient (Wildman–Crippen LogP) is 1.82. The third kappa shape index (κ3) is 5.62. The van der Waals surface area contributed by atoms with Gasteiger partial charge in [0.2, 0.25) is 5.91 Å². The summed E-state index contributed by atoms with van der Waals surface area (Å²) in [5.41, 5.74) is 1.78. The monoisotopic (exact) mass is 361 g/mol. The molecule has 26 heavy (non-hydrogen) atoms. The van der Waals surface area contributed by atoms with Crippen molar-refractivity contribution in [2.75, 3.05) is 57.0 Å². The molecule has 1 saturated heterocycles. The largest absolute Gasteiger partial charge is 0.376 e. The fourth-order valence-corrected chi connectivity index (χ4v) is 2.90. The molecule has 0 aliphatic carbocycles. The van der Waals surface area contributed by atoms with Gasteiger partial charge in [-0.25, -0.2) is 4.79 Å². The van der Waals surface area contributed by atoms with E-state index in [9.17, 15) is 9.59 Å². The number of amides is 3. The van der Waals surface area contributed by atoms with E-state index in [0.29, 0.717) is 32.7 Å². The third-order valence-corrected chi connectivity index (χ3v) is 4.67. The quantitative estimate of drug-likeness (QED) is 0.811. The lowest BCUT2D eigenvalue weighted by Crippen LogP contribution is -2.52. The highest BCUT2D eigenvalue weighted by Crippen LogP contribution is 2.23. The van der Waals surface area contributed by atoms with Crippen LogP contribution >= 0.6 is 0 Å². The maximum Gasteiger partial charge on any atom is 0.321 e. The highest BCUT2D eigenvalue weighted by molar-refractivity contribution is 5.93. The highest BCUT2D eigenvalue weighted by atomic mass is 16.2. The van der Waals surface area contributed by atoms with E-state index in [4.69, 9.17) is 0 Å². The van der Waals surface area contributed by atoms with E-state index in [1.807, 2.05) is 50.2 Å². The molecule has 1 heterocycles. The number of carbonyl (C=O) groups is 2. The minimum absolute atomic E-state index is 0.0529. The van der Waals surface area contributed by atoms with Crippen LogP contribution in [0.3, 0.4) is 0 Å². The van der Waals surface area contributed by atoms with Gasteiger partial charge in [-0.05, 0) is 25.5 Å². The first-order chi connectivity index (χ1) is 12.4. The van der Waals surface area contributed by atoms with Crippen LogP contribution < -0.4 is 15.5 Å². The first kappa shape index (κ1) is 20.0. The van der Waals surface area contributed by atoms with Gasteiger partial charge >= 0.3 is 6.03 Å². The SMILES string of the molecule is CCC(C)NC(=O)CN1CCN(C(=O)Nc2ccccc2N(C)C)CC1. The van der Waals surface area contributed by atoms with Gasteiger partial charge in [-0.3, -0.25) is 9.69 Å². The molecule has 3 amide bonds. The first-order valence-corrected chi connectivity index (χ1v) is 9.24. The van der Waals surface area contributed by atoms with Crippen molar-refractivity contribution in [2.45, 2.75) is 26.3 Å². The van der Waals surface area contributed by atoms with Crippen LogP contribution in [0.2, 0.25) is 0 Å². The second kappa shape index (κ2) is 9.43. The van der Waals surface area contributed by atoms with E-state index in [0.717, 1.165) is 17.8 Å². The average molecular weight is 361 g/mol. The molecule has 0 aromatic heterocycles. The fraction of sp³-hybridized carbons (Fsp3) is 0.579. The lowest BCUT2D eigenvalue weighted by Gasteiger charge is -2.34. The Labute approximate surface area is 156 Å². The zero-order valence-corrected chi connectivity index (χ0v) is 16.3. The topological polar surface area (TPSA) is 67.9 Å². The molecular formula is C19H31N5O2. The summed E-state index contributed by atoms with van der Waals surface area (Å²) in [6, 6.07) is 7.85. The van der Waals surface area contributed by atoms with Gasteiger partial charge < -0.3 is 20.4 Å². The number of piperazine rings is 1. The van der Waals surface area contributed by atoms with Gasteiger partial charge in [-0.15, -0.1) is 0 Å². The van der Waals surface area contributed by atoms with E-state index in [2.05, 4.69) is 22.5 Å². The zero-order valence-electron chi connectivity index (χ0n) is 16.3. The van der Waals surface area contributed by atoms with Crippen LogP contribution in [0.5, 0.6) is 0 Å². The van der Waals surface area contributed by atoms with E-state index in [-0.39, 0.29) is 18.0 Å². The van der Waals surface area contributed by atoms with Crippen LogP contribution in [-0.4, -0.2) is 74.6 Å². The van der Waals surface area contributed by atoms with Crippen LogP contribution in [0.4, 0.5) is 16.2 Å². The van der Waals surface area contributed by atoms with Gasteiger partial charge in [-0.1, -0.05) is 19.1 Å². The molecule has 1 aromatic carbocycles. The fourth-order valence-electron chi connectivity index (χ4n) is 2.90. The van der Waals surface area contributed by atoms with Crippen molar-refractivity contribution in [3.8, 4) is 0 Å². The smallest absolute Gasteiger partial charge is 0.321 e. The Bertz CT molecular complexity index is 612. The van der Waals surface area contributed by atoms with Crippen molar-refractivity contribution in [3.63, 3.8) is 0 Å². The molecule has 1 aliphatic rings. The molecule has 7 heteroatoms. The van der Waals surface area contributed by atoms with Crippen molar-refractivity contribution in [2.24, 2.45) is 0 Å². The van der Waals surface area contributed by atoms with Gasteiger partial charge in [-0.2, -0.15) is 0 Å². The molecule has 0 radical (unpaired) electrons. The Morgan fingerprint density at radius 3 is 2.42 bits per heavy atom. The lowest BCUT2D eigenvalue weighted by molar-refractivity contribution is -0.123. The molecule has 7 nitrogen and oxygen atoms in total. The number of benzene rings is 1. The Morgan fingerprint density at radius 1 is 1.15 bits per heavy atom. The number of urea groups is 1. The number of hydrogen-bond acceptors (Lipinski definition) is 4. The summed E-state index contributed by atoms with van der Waals surface area (Å²) in [7, 11) is 3.91. The van der Waals surface area contributed by atoms with E-state index in [1.165, 1.54) is 0 Å². The van der Waals surface area contributed by atoms with E-state index >= 15 is 0 Å². The maximum absolute atomic E-state index is 12.6. The first-order valence-electron chi connectivity index (χ1n) is 9.24. The predicted molar refractivity (Wildman–Crippen MR) is 106 cm³/mol. The van der Waals surface area contributed by atoms with E-state index in [1.54, 1.807) is 4.90 Å². The van der Waals surface area contributed by atoms with Crippen molar-refractivity contribution in [3.05, 3.63) is 24.3 Å².